The predicted octanol–water partition coefficient (Wildman–Crippen LogP) is 2.59. The lowest BCUT2D eigenvalue weighted by molar-refractivity contribution is 0.0686. The topological polar surface area (TPSA) is 62.6 Å². The van der Waals surface area contributed by atoms with E-state index in [2.05, 4.69) is 30.5 Å². The van der Waals surface area contributed by atoms with Crippen molar-refractivity contribution in [1.82, 2.24) is 13.8 Å². The molecule has 1 aliphatic rings. The van der Waals surface area contributed by atoms with Crippen molar-refractivity contribution in [3.8, 4) is 5.69 Å². The summed E-state index contributed by atoms with van der Waals surface area (Å²) in [6.45, 7) is 5.26. The lowest BCUT2D eigenvalue weighted by Gasteiger charge is -2.35. The van der Waals surface area contributed by atoms with Gasteiger partial charge in [-0.25, -0.2) is 12.7 Å². The molecule has 1 fully saturated rings. The lowest BCUT2D eigenvalue weighted by atomic mass is 10.0. The highest BCUT2D eigenvalue weighted by Crippen LogP contribution is 2.21. The van der Waals surface area contributed by atoms with E-state index in [4.69, 9.17) is 0 Å². The number of amides is 1. The molecule has 0 saturated carbocycles. The van der Waals surface area contributed by atoms with Gasteiger partial charge in [0.1, 0.15) is 0 Å². The number of nitrogens with zero attached hydrogens (tertiary/aromatic N) is 3. The van der Waals surface area contributed by atoms with Crippen molar-refractivity contribution < 1.29 is 13.2 Å². The number of piperidine rings is 1. The quantitative estimate of drug-likeness (QED) is 0.807. The minimum atomic E-state index is -3.20. The van der Waals surface area contributed by atoms with Crippen molar-refractivity contribution >= 4 is 15.9 Å². The molecular weight excluding hydrogens is 362 g/mol. The Morgan fingerprint density at radius 1 is 1.00 bits per heavy atom. The summed E-state index contributed by atoms with van der Waals surface area (Å²) in [5.41, 5.74) is 4.02. The normalized spacial score (nSPS) is 16.1. The highest BCUT2D eigenvalue weighted by atomic mass is 32.2. The minimum absolute atomic E-state index is 0.00274. The van der Waals surface area contributed by atoms with E-state index in [9.17, 15) is 13.2 Å². The number of aryl methyl sites for hydroxylation is 2. The van der Waals surface area contributed by atoms with Gasteiger partial charge in [-0.05, 0) is 63.1 Å². The molecule has 1 aliphatic heterocycles. The first-order valence-corrected chi connectivity index (χ1v) is 11.0. The average Bonchev–Trinajstić information content (AvgIpc) is 2.98. The van der Waals surface area contributed by atoms with Gasteiger partial charge in [0, 0.05) is 48.8 Å². The number of hydrogen-bond donors (Lipinski definition) is 0. The van der Waals surface area contributed by atoms with Crippen molar-refractivity contribution in [2.75, 3.05) is 26.4 Å². The molecule has 0 atom stereocenters. The van der Waals surface area contributed by atoms with Crippen LogP contribution >= 0.6 is 0 Å². The highest BCUT2D eigenvalue weighted by molar-refractivity contribution is 7.88. The average molecular weight is 390 g/mol. The van der Waals surface area contributed by atoms with E-state index in [-0.39, 0.29) is 11.9 Å². The van der Waals surface area contributed by atoms with Crippen LogP contribution in [0.2, 0.25) is 0 Å². The molecule has 6 nitrogen and oxygen atoms in total. The molecule has 0 bridgehead atoms. The molecule has 1 saturated heterocycles. The number of hydrogen-bond acceptors (Lipinski definition) is 3. The molecule has 0 unspecified atom stereocenters. The standard InChI is InChI=1S/C20H27N3O3S/c1-15-5-6-16(2)23(15)19-9-7-17(8-10-19)20(24)22-13-11-18(12-14-22)21(3)27(4,25)26/h5-10,18H,11-14H2,1-4H3. The first-order valence-electron chi connectivity index (χ1n) is 9.16. The number of carbonyl (C=O) groups excluding carboxylic acids is 1. The molecule has 0 N–H and O–H groups in total. The number of rotatable bonds is 4. The Labute approximate surface area is 161 Å². The smallest absolute Gasteiger partial charge is 0.253 e. The zero-order valence-corrected chi connectivity index (χ0v) is 17.2. The third kappa shape index (κ3) is 4.09. The van der Waals surface area contributed by atoms with Crippen LogP contribution < -0.4 is 0 Å². The Hall–Kier alpha value is -2.12. The van der Waals surface area contributed by atoms with E-state index in [1.807, 2.05) is 29.2 Å². The van der Waals surface area contributed by atoms with E-state index < -0.39 is 10.0 Å². The van der Waals surface area contributed by atoms with Crippen LogP contribution in [0.15, 0.2) is 36.4 Å². The van der Waals surface area contributed by atoms with Crippen LogP contribution in [0.5, 0.6) is 0 Å². The Balaban J connectivity index is 1.67. The predicted molar refractivity (Wildman–Crippen MR) is 107 cm³/mol. The molecular formula is C20H27N3O3S. The summed E-state index contributed by atoms with van der Waals surface area (Å²) in [6, 6.07) is 11.8. The third-order valence-electron chi connectivity index (χ3n) is 5.43. The van der Waals surface area contributed by atoms with Gasteiger partial charge in [0.25, 0.3) is 5.91 Å². The van der Waals surface area contributed by atoms with E-state index in [0.717, 1.165) is 17.1 Å². The zero-order chi connectivity index (χ0) is 19.8. The molecule has 2 heterocycles. The number of benzene rings is 1. The summed E-state index contributed by atoms with van der Waals surface area (Å²) in [5.74, 6) is 0.00274. The molecule has 7 heteroatoms. The fourth-order valence-corrected chi connectivity index (χ4v) is 4.47. The Morgan fingerprint density at radius 3 is 2.00 bits per heavy atom. The van der Waals surface area contributed by atoms with Crippen molar-refractivity contribution in [2.45, 2.75) is 32.7 Å². The van der Waals surface area contributed by atoms with Crippen LogP contribution in [0.1, 0.15) is 34.6 Å². The zero-order valence-electron chi connectivity index (χ0n) is 16.3. The maximum Gasteiger partial charge on any atom is 0.253 e. The van der Waals surface area contributed by atoms with Crippen molar-refractivity contribution in [2.24, 2.45) is 0 Å². The van der Waals surface area contributed by atoms with Crippen LogP contribution in [0.3, 0.4) is 0 Å². The lowest BCUT2D eigenvalue weighted by Crippen LogP contribution is -2.47. The van der Waals surface area contributed by atoms with E-state index in [1.54, 1.807) is 7.05 Å². The minimum Gasteiger partial charge on any atom is -0.339 e. The van der Waals surface area contributed by atoms with Gasteiger partial charge in [-0.15, -0.1) is 0 Å². The maximum absolute atomic E-state index is 12.8. The molecule has 0 radical (unpaired) electrons. The van der Waals surface area contributed by atoms with Gasteiger partial charge in [-0.3, -0.25) is 4.79 Å². The second kappa shape index (κ2) is 7.48. The summed E-state index contributed by atoms with van der Waals surface area (Å²) in [6.07, 6.45) is 2.55. The number of likely N-dealkylation sites (tertiary alicyclic amines) is 1. The fourth-order valence-electron chi connectivity index (χ4n) is 3.71. The summed E-state index contributed by atoms with van der Waals surface area (Å²) in [5, 5.41) is 0. The van der Waals surface area contributed by atoms with Gasteiger partial charge in [0.05, 0.1) is 6.26 Å². The number of aromatic nitrogens is 1. The first kappa shape index (κ1) is 19.6. The van der Waals surface area contributed by atoms with Crippen LogP contribution in [0, 0.1) is 13.8 Å². The molecule has 1 aromatic heterocycles. The SMILES string of the molecule is Cc1ccc(C)n1-c1ccc(C(=O)N2CCC(N(C)S(C)(=O)=O)CC2)cc1. The second-order valence-corrected chi connectivity index (χ2v) is 9.34. The van der Waals surface area contributed by atoms with E-state index in [0.29, 0.717) is 31.5 Å². The van der Waals surface area contributed by atoms with Gasteiger partial charge >= 0.3 is 0 Å². The Kier molecular flexibility index (Phi) is 5.44. The Bertz CT molecular complexity index is 904. The van der Waals surface area contributed by atoms with Gasteiger partial charge in [-0.2, -0.15) is 0 Å². The monoisotopic (exact) mass is 389 g/mol. The summed E-state index contributed by atoms with van der Waals surface area (Å²) >= 11 is 0. The van der Waals surface area contributed by atoms with Crippen molar-refractivity contribution in [3.05, 3.63) is 53.3 Å². The molecule has 2 aromatic rings. The highest BCUT2D eigenvalue weighted by Gasteiger charge is 2.29. The van der Waals surface area contributed by atoms with Crippen LogP contribution in [0.4, 0.5) is 0 Å². The summed E-state index contributed by atoms with van der Waals surface area (Å²) < 4.78 is 27.0. The molecule has 1 aromatic carbocycles. The van der Waals surface area contributed by atoms with Gasteiger partial charge in [0.15, 0.2) is 0 Å². The third-order valence-corrected chi connectivity index (χ3v) is 6.78. The number of sulfonamides is 1. The van der Waals surface area contributed by atoms with Gasteiger partial charge in [-0.1, -0.05) is 0 Å². The van der Waals surface area contributed by atoms with E-state index in [1.165, 1.54) is 10.6 Å². The molecule has 1 amide bonds. The largest absolute Gasteiger partial charge is 0.339 e. The van der Waals surface area contributed by atoms with Crippen LogP contribution in [0.25, 0.3) is 5.69 Å². The Morgan fingerprint density at radius 2 is 1.52 bits per heavy atom. The molecule has 27 heavy (non-hydrogen) atoms. The second-order valence-electron chi connectivity index (χ2n) is 7.30. The van der Waals surface area contributed by atoms with E-state index >= 15 is 0 Å². The van der Waals surface area contributed by atoms with Crippen LogP contribution in [-0.2, 0) is 10.0 Å². The fraction of sp³-hybridized carbons (Fsp3) is 0.450. The first-order chi connectivity index (χ1) is 12.7. The molecule has 0 spiro atoms. The van der Waals surface area contributed by atoms with Crippen molar-refractivity contribution in [3.63, 3.8) is 0 Å². The van der Waals surface area contributed by atoms with Gasteiger partial charge in [0.2, 0.25) is 10.0 Å². The summed E-state index contributed by atoms with van der Waals surface area (Å²) in [4.78, 5) is 14.6. The molecule has 146 valence electrons. The number of carbonyl (C=O) groups is 1. The van der Waals surface area contributed by atoms with Crippen molar-refractivity contribution in [1.29, 1.82) is 0 Å². The molecule has 3 rings (SSSR count). The molecule has 0 aliphatic carbocycles. The maximum atomic E-state index is 12.8. The van der Waals surface area contributed by atoms with Gasteiger partial charge < -0.3 is 9.47 Å². The van der Waals surface area contributed by atoms with Crippen LogP contribution in [-0.4, -0.2) is 60.5 Å². The summed E-state index contributed by atoms with van der Waals surface area (Å²) in [7, 11) is -1.59.